The van der Waals surface area contributed by atoms with Gasteiger partial charge in [0.15, 0.2) is 0 Å². The molecular weight excluding hydrogens is 296 g/mol. The second-order valence-electron chi connectivity index (χ2n) is 4.58. The number of hydrogen-bond acceptors (Lipinski definition) is 4. The van der Waals surface area contributed by atoms with Crippen LogP contribution in [0.2, 0.25) is 0 Å². The fraction of sp³-hybridized carbons (Fsp3) is 0.385. The van der Waals surface area contributed by atoms with Crippen molar-refractivity contribution in [2.45, 2.75) is 37.1 Å². The summed E-state index contributed by atoms with van der Waals surface area (Å²) >= 11 is 0. The summed E-state index contributed by atoms with van der Waals surface area (Å²) in [6.07, 6.45) is 1.15. The lowest BCUT2D eigenvalue weighted by atomic mass is 10.1. The molecule has 0 aliphatic carbocycles. The maximum atomic E-state index is 12.1. The van der Waals surface area contributed by atoms with Crippen LogP contribution in [0.3, 0.4) is 0 Å². The van der Waals surface area contributed by atoms with Crippen molar-refractivity contribution in [3.8, 4) is 0 Å². The van der Waals surface area contributed by atoms with Crippen molar-refractivity contribution in [3.05, 3.63) is 29.8 Å². The quantitative estimate of drug-likeness (QED) is 0.634. The number of amides is 1. The van der Waals surface area contributed by atoms with Crippen LogP contribution in [0.15, 0.2) is 29.2 Å². The van der Waals surface area contributed by atoms with E-state index in [-0.39, 0.29) is 4.90 Å². The molecule has 0 aromatic heterocycles. The average Bonchev–Trinajstić information content (AvgIpc) is 2.38. The van der Waals surface area contributed by atoms with E-state index in [0.29, 0.717) is 0 Å². The Kier molecular flexibility index (Phi) is 5.86. The van der Waals surface area contributed by atoms with Crippen LogP contribution in [0.25, 0.3) is 0 Å². The molecule has 0 saturated carbocycles. The molecule has 0 spiro atoms. The molecule has 1 aromatic carbocycles. The summed E-state index contributed by atoms with van der Waals surface area (Å²) in [5.41, 5.74) is 5.89. The van der Waals surface area contributed by atoms with Crippen LogP contribution in [0, 0.1) is 0 Å². The molecule has 8 heteroatoms. The van der Waals surface area contributed by atoms with Crippen LogP contribution in [0.5, 0.6) is 0 Å². The highest BCUT2D eigenvalue weighted by atomic mass is 32.2. The molecule has 1 amide bonds. The summed E-state index contributed by atoms with van der Waals surface area (Å²) in [5.74, 6) is -2.36. The maximum absolute atomic E-state index is 12.1. The highest BCUT2D eigenvalue weighted by Gasteiger charge is 2.26. The van der Waals surface area contributed by atoms with Crippen LogP contribution in [0.4, 0.5) is 0 Å². The van der Waals surface area contributed by atoms with Crippen molar-refractivity contribution in [2.75, 3.05) is 0 Å². The lowest BCUT2D eigenvalue weighted by Gasteiger charge is -2.13. The third-order valence-corrected chi connectivity index (χ3v) is 4.26. The number of primary amides is 1. The van der Waals surface area contributed by atoms with Gasteiger partial charge in [-0.25, -0.2) is 8.42 Å². The molecular formula is C13H18N2O5S. The van der Waals surface area contributed by atoms with E-state index >= 15 is 0 Å². The molecule has 0 saturated heterocycles. The summed E-state index contributed by atoms with van der Waals surface area (Å²) in [7, 11) is -4.02. The predicted molar refractivity (Wildman–Crippen MR) is 76.0 cm³/mol. The summed E-state index contributed by atoms with van der Waals surface area (Å²) in [6.45, 7) is 2.01. The first-order valence-corrected chi connectivity index (χ1v) is 7.87. The number of nitrogens with two attached hydrogens (primary N) is 1. The second-order valence-corrected chi connectivity index (χ2v) is 6.29. The fourth-order valence-corrected chi connectivity index (χ4v) is 2.95. The first kappa shape index (κ1) is 17.1. The van der Waals surface area contributed by atoms with Crippen molar-refractivity contribution in [1.29, 1.82) is 0 Å². The minimum absolute atomic E-state index is 0.0573. The fourth-order valence-electron chi connectivity index (χ4n) is 1.76. The summed E-state index contributed by atoms with van der Waals surface area (Å²) in [6, 6.07) is 4.56. The highest BCUT2D eigenvalue weighted by Crippen LogP contribution is 2.13. The number of rotatable bonds is 8. The molecule has 0 radical (unpaired) electrons. The Labute approximate surface area is 123 Å². The molecule has 0 aliphatic heterocycles. The van der Waals surface area contributed by atoms with E-state index in [1.54, 1.807) is 12.1 Å². The van der Waals surface area contributed by atoms with Crippen molar-refractivity contribution in [1.82, 2.24) is 4.72 Å². The van der Waals surface area contributed by atoms with Crippen molar-refractivity contribution < 1.29 is 23.1 Å². The van der Waals surface area contributed by atoms with Gasteiger partial charge in [-0.1, -0.05) is 25.5 Å². The smallest absolute Gasteiger partial charge is 0.322 e. The van der Waals surface area contributed by atoms with Crippen LogP contribution in [-0.4, -0.2) is 31.4 Å². The number of benzene rings is 1. The number of nitrogens with one attached hydrogen (secondary N) is 1. The Morgan fingerprint density at radius 2 is 1.86 bits per heavy atom. The molecule has 1 atom stereocenters. The second kappa shape index (κ2) is 7.19. The van der Waals surface area contributed by atoms with E-state index < -0.39 is 34.4 Å². The Balaban J connectivity index is 2.93. The molecule has 116 valence electrons. The van der Waals surface area contributed by atoms with Gasteiger partial charge in [0.1, 0.15) is 6.04 Å². The third kappa shape index (κ3) is 5.16. The Bertz CT molecular complexity index is 610. The number of carboxylic acid groups (broad SMARTS) is 1. The summed E-state index contributed by atoms with van der Waals surface area (Å²) in [5, 5.41) is 8.91. The standard InChI is InChI=1S/C13H18N2O5S/c1-2-3-9-4-6-10(7-5-9)21(19,20)15-11(13(17)18)8-12(14)16/h4-7,11,15H,2-3,8H2,1H3,(H2,14,16)(H,17,18)/t11-/m0/s1. The number of carbonyl (C=O) groups excluding carboxylic acids is 1. The molecule has 0 aliphatic rings. The number of aryl methyl sites for hydroxylation is 1. The van der Waals surface area contributed by atoms with E-state index in [4.69, 9.17) is 10.8 Å². The van der Waals surface area contributed by atoms with Gasteiger partial charge in [-0.2, -0.15) is 4.72 Å². The zero-order valence-corrected chi connectivity index (χ0v) is 12.4. The zero-order chi connectivity index (χ0) is 16.0. The first-order valence-electron chi connectivity index (χ1n) is 6.38. The lowest BCUT2D eigenvalue weighted by molar-refractivity contribution is -0.140. The van der Waals surface area contributed by atoms with Gasteiger partial charge >= 0.3 is 5.97 Å². The highest BCUT2D eigenvalue weighted by molar-refractivity contribution is 7.89. The first-order chi connectivity index (χ1) is 9.76. The SMILES string of the molecule is CCCc1ccc(S(=O)(=O)N[C@@H](CC(N)=O)C(=O)O)cc1. The number of carbonyl (C=O) groups is 2. The Morgan fingerprint density at radius 1 is 1.29 bits per heavy atom. The molecule has 21 heavy (non-hydrogen) atoms. The van der Waals surface area contributed by atoms with Gasteiger partial charge in [-0.15, -0.1) is 0 Å². The molecule has 1 aromatic rings. The van der Waals surface area contributed by atoms with Gasteiger partial charge in [0.2, 0.25) is 15.9 Å². The molecule has 0 bridgehead atoms. The largest absolute Gasteiger partial charge is 0.480 e. The third-order valence-electron chi connectivity index (χ3n) is 2.77. The van der Waals surface area contributed by atoms with E-state index in [2.05, 4.69) is 0 Å². The van der Waals surface area contributed by atoms with Gasteiger partial charge in [-0.05, 0) is 24.1 Å². The molecule has 7 nitrogen and oxygen atoms in total. The normalized spacial score (nSPS) is 12.8. The van der Waals surface area contributed by atoms with E-state index in [9.17, 15) is 18.0 Å². The topological polar surface area (TPSA) is 127 Å². The Hall–Kier alpha value is -1.93. The molecule has 4 N–H and O–H groups in total. The number of hydrogen-bond donors (Lipinski definition) is 3. The van der Waals surface area contributed by atoms with Gasteiger partial charge in [0.05, 0.1) is 11.3 Å². The Morgan fingerprint density at radius 3 is 2.29 bits per heavy atom. The van der Waals surface area contributed by atoms with Crippen molar-refractivity contribution in [2.24, 2.45) is 5.73 Å². The van der Waals surface area contributed by atoms with Crippen LogP contribution in [-0.2, 0) is 26.0 Å². The van der Waals surface area contributed by atoms with E-state index in [1.807, 2.05) is 11.6 Å². The van der Waals surface area contributed by atoms with Crippen LogP contribution >= 0.6 is 0 Å². The summed E-state index contributed by atoms with van der Waals surface area (Å²) < 4.78 is 26.1. The molecule has 0 fully saturated rings. The lowest BCUT2D eigenvalue weighted by Crippen LogP contribution is -2.43. The van der Waals surface area contributed by atoms with Gasteiger partial charge in [0.25, 0.3) is 0 Å². The van der Waals surface area contributed by atoms with Gasteiger partial charge < -0.3 is 10.8 Å². The molecule has 0 heterocycles. The monoisotopic (exact) mass is 314 g/mol. The van der Waals surface area contributed by atoms with Crippen molar-refractivity contribution >= 4 is 21.9 Å². The van der Waals surface area contributed by atoms with E-state index in [1.165, 1.54) is 12.1 Å². The van der Waals surface area contributed by atoms with E-state index in [0.717, 1.165) is 18.4 Å². The molecule has 1 rings (SSSR count). The maximum Gasteiger partial charge on any atom is 0.322 e. The minimum atomic E-state index is -4.02. The van der Waals surface area contributed by atoms with Crippen LogP contribution in [0.1, 0.15) is 25.3 Å². The molecule has 0 unspecified atom stereocenters. The van der Waals surface area contributed by atoms with Gasteiger partial charge in [0, 0.05) is 0 Å². The average molecular weight is 314 g/mol. The predicted octanol–water partition coefficient (Wildman–Crippen LogP) is 0.246. The zero-order valence-electron chi connectivity index (χ0n) is 11.6. The number of carboxylic acids is 1. The van der Waals surface area contributed by atoms with Crippen molar-refractivity contribution in [3.63, 3.8) is 0 Å². The van der Waals surface area contributed by atoms with Gasteiger partial charge in [-0.3, -0.25) is 9.59 Å². The number of aliphatic carboxylic acids is 1. The minimum Gasteiger partial charge on any atom is -0.480 e. The number of sulfonamides is 1. The summed E-state index contributed by atoms with van der Waals surface area (Å²) in [4.78, 5) is 21.7. The van der Waals surface area contributed by atoms with Crippen LogP contribution < -0.4 is 10.5 Å².